The van der Waals surface area contributed by atoms with Gasteiger partial charge in [0.25, 0.3) is 0 Å². The first-order valence-electron chi connectivity index (χ1n) is 7.64. The molecule has 1 aromatic carbocycles. The van der Waals surface area contributed by atoms with Crippen LogP contribution < -0.4 is 10.2 Å². The maximum atomic E-state index is 12.4. The Labute approximate surface area is 155 Å². The lowest BCUT2D eigenvalue weighted by molar-refractivity contribution is -0.115. The summed E-state index contributed by atoms with van der Waals surface area (Å²) in [7, 11) is 3.83. The third-order valence-electron chi connectivity index (χ3n) is 3.52. The molecule has 0 saturated carbocycles. The monoisotopic (exact) mass is 372 g/mol. The molecule has 0 aliphatic carbocycles. The first-order valence-corrected chi connectivity index (χ1v) is 8.90. The Kier molecular flexibility index (Phi) is 5.31. The van der Waals surface area contributed by atoms with Crippen LogP contribution >= 0.6 is 22.9 Å². The van der Waals surface area contributed by atoms with E-state index in [1.54, 1.807) is 24.5 Å². The molecule has 0 aliphatic rings. The molecule has 7 heteroatoms. The molecule has 3 aromatic rings. The van der Waals surface area contributed by atoms with Gasteiger partial charge in [-0.1, -0.05) is 11.6 Å². The second-order valence-corrected chi connectivity index (χ2v) is 6.96. The van der Waals surface area contributed by atoms with Crippen LogP contribution in [0.4, 0.5) is 11.4 Å². The summed E-state index contributed by atoms with van der Waals surface area (Å²) in [5.74, 6) is -0.131. The molecule has 5 nitrogen and oxygen atoms in total. The fourth-order valence-corrected chi connectivity index (χ4v) is 3.35. The molecule has 0 radical (unpaired) electrons. The summed E-state index contributed by atoms with van der Waals surface area (Å²) in [5, 5.41) is 6.24. The van der Waals surface area contributed by atoms with Crippen LogP contribution in [0.1, 0.15) is 5.69 Å². The van der Waals surface area contributed by atoms with Gasteiger partial charge in [0.15, 0.2) is 0 Å². The third kappa shape index (κ3) is 4.35. The van der Waals surface area contributed by atoms with Crippen LogP contribution in [0, 0.1) is 0 Å². The number of hydrogen-bond donors (Lipinski definition) is 1. The number of nitrogens with zero attached hydrogens (tertiary/aromatic N) is 3. The molecule has 128 valence electrons. The number of carbonyl (C=O) groups excluding carboxylic acids is 1. The van der Waals surface area contributed by atoms with Crippen LogP contribution in [0.3, 0.4) is 0 Å². The van der Waals surface area contributed by atoms with E-state index in [4.69, 9.17) is 11.6 Å². The highest BCUT2D eigenvalue weighted by molar-refractivity contribution is 7.13. The van der Waals surface area contributed by atoms with Crippen molar-refractivity contribution >= 4 is 40.2 Å². The molecule has 0 spiro atoms. The van der Waals surface area contributed by atoms with Gasteiger partial charge in [-0.25, -0.2) is 4.98 Å². The Morgan fingerprint density at radius 3 is 2.88 bits per heavy atom. The summed E-state index contributed by atoms with van der Waals surface area (Å²) in [6.07, 6.45) is 3.69. The van der Waals surface area contributed by atoms with Crippen molar-refractivity contribution in [3.8, 4) is 10.6 Å². The minimum absolute atomic E-state index is 0.131. The molecule has 0 aliphatic heterocycles. The summed E-state index contributed by atoms with van der Waals surface area (Å²) in [5.41, 5.74) is 3.26. The lowest BCUT2D eigenvalue weighted by atomic mass is 10.2. The molecule has 25 heavy (non-hydrogen) atoms. The normalized spacial score (nSPS) is 10.5. The number of nitrogens with one attached hydrogen (secondary N) is 1. The van der Waals surface area contributed by atoms with Crippen molar-refractivity contribution in [2.75, 3.05) is 24.3 Å². The van der Waals surface area contributed by atoms with Gasteiger partial charge < -0.3 is 10.2 Å². The number of halogens is 1. The van der Waals surface area contributed by atoms with Crippen molar-refractivity contribution in [1.82, 2.24) is 9.97 Å². The summed E-state index contributed by atoms with van der Waals surface area (Å²) in [4.78, 5) is 22.9. The van der Waals surface area contributed by atoms with E-state index >= 15 is 0 Å². The molecule has 2 aromatic heterocycles. The van der Waals surface area contributed by atoms with E-state index in [9.17, 15) is 4.79 Å². The minimum Gasteiger partial charge on any atom is -0.376 e. The van der Waals surface area contributed by atoms with E-state index in [0.717, 1.165) is 22.0 Å². The van der Waals surface area contributed by atoms with Crippen LogP contribution in [0.5, 0.6) is 0 Å². The second-order valence-electron chi connectivity index (χ2n) is 5.67. The van der Waals surface area contributed by atoms with Crippen LogP contribution in [0.25, 0.3) is 10.6 Å². The van der Waals surface area contributed by atoms with Crippen LogP contribution in [-0.4, -0.2) is 30.0 Å². The number of pyridine rings is 1. The van der Waals surface area contributed by atoms with Gasteiger partial charge in [-0.05, 0) is 30.3 Å². The number of hydrogen-bond acceptors (Lipinski definition) is 5. The van der Waals surface area contributed by atoms with Gasteiger partial charge in [0.2, 0.25) is 5.91 Å². The molecule has 3 rings (SSSR count). The Morgan fingerprint density at radius 1 is 1.32 bits per heavy atom. The van der Waals surface area contributed by atoms with E-state index in [2.05, 4.69) is 15.3 Å². The Bertz CT molecular complexity index is 880. The molecule has 0 bridgehead atoms. The highest BCUT2D eigenvalue weighted by Gasteiger charge is 2.12. The lowest BCUT2D eigenvalue weighted by Crippen LogP contribution is -2.18. The van der Waals surface area contributed by atoms with Gasteiger partial charge in [-0.2, -0.15) is 0 Å². The number of rotatable bonds is 5. The molecule has 0 unspecified atom stereocenters. The van der Waals surface area contributed by atoms with Crippen molar-refractivity contribution in [2.24, 2.45) is 0 Å². The van der Waals surface area contributed by atoms with Crippen molar-refractivity contribution in [3.05, 3.63) is 58.8 Å². The SMILES string of the molecule is CN(C)c1ccc(Cl)cc1NC(=O)Cc1csc(-c2cccnc2)n1. The molecule has 0 atom stereocenters. The quantitative estimate of drug-likeness (QED) is 0.732. The molecular formula is C18H17ClN4OS. The zero-order valence-electron chi connectivity index (χ0n) is 13.9. The third-order valence-corrected chi connectivity index (χ3v) is 4.69. The van der Waals surface area contributed by atoms with E-state index in [1.807, 2.05) is 42.6 Å². The predicted molar refractivity (Wildman–Crippen MR) is 103 cm³/mol. The fraction of sp³-hybridized carbons (Fsp3) is 0.167. The van der Waals surface area contributed by atoms with E-state index < -0.39 is 0 Å². The Morgan fingerprint density at radius 2 is 2.16 bits per heavy atom. The molecule has 1 amide bonds. The average molecular weight is 373 g/mol. The number of aromatic nitrogens is 2. The first-order chi connectivity index (χ1) is 12.0. The fourth-order valence-electron chi connectivity index (χ4n) is 2.37. The topological polar surface area (TPSA) is 58.1 Å². The molecular weight excluding hydrogens is 356 g/mol. The highest BCUT2D eigenvalue weighted by atomic mass is 35.5. The predicted octanol–water partition coefficient (Wildman–Crippen LogP) is 4.11. The first kappa shape index (κ1) is 17.4. The van der Waals surface area contributed by atoms with Gasteiger partial charge in [0.1, 0.15) is 5.01 Å². The standard InChI is InChI=1S/C18H17ClN4OS/c1-23(2)16-6-5-13(19)8-15(16)22-17(24)9-14-11-25-18(21-14)12-4-3-7-20-10-12/h3-8,10-11H,9H2,1-2H3,(H,22,24). The number of thiazole rings is 1. The van der Waals surface area contributed by atoms with Crippen molar-refractivity contribution < 1.29 is 4.79 Å². The number of benzene rings is 1. The summed E-state index contributed by atoms with van der Waals surface area (Å²) in [6, 6.07) is 9.24. The maximum absolute atomic E-state index is 12.4. The van der Waals surface area contributed by atoms with Gasteiger partial charge in [0.05, 0.1) is 23.5 Å². The van der Waals surface area contributed by atoms with Crippen LogP contribution in [0.2, 0.25) is 5.02 Å². The van der Waals surface area contributed by atoms with Gasteiger partial charge >= 0.3 is 0 Å². The molecule has 1 N–H and O–H groups in total. The zero-order chi connectivity index (χ0) is 17.8. The summed E-state index contributed by atoms with van der Waals surface area (Å²) in [6.45, 7) is 0. The number of amides is 1. The van der Waals surface area contributed by atoms with E-state index in [1.165, 1.54) is 11.3 Å². The number of carbonyl (C=O) groups is 1. The highest BCUT2D eigenvalue weighted by Crippen LogP contribution is 2.28. The van der Waals surface area contributed by atoms with Crippen LogP contribution in [0.15, 0.2) is 48.1 Å². The van der Waals surface area contributed by atoms with Gasteiger partial charge in [-0.15, -0.1) is 11.3 Å². The van der Waals surface area contributed by atoms with Crippen molar-refractivity contribution in [2.45, 2.75) is 6.42 Å². The lowest BCUT2D eigenvalue weighted by Gasteiger charge is -2.18. The van der Waals surface area contributed by atoms with Crippen molar-refractivity contribution in [3.63, 3.8) is 0 Å². The molecule has 2 heterocycles. The molecule has 0 saturated heterocycles. The van der Waals surface area contributed by atoms with Gasteiger partial charge in [0, 0.05) is 42.5 Å². The second kappa shape index (κ2) is 7.63. The minimum atomic E-state index is -0.131. The maximum Gasteiger partial charge on any atom is 0.230 e. The summed E-state index contributed by atoms with van der Waals surface area (Å²) < 4.78 is 0. The molecule has 0 fully saturated rings. The van der Waals surface area contributed by atoms with E-state index in [-0.39, 0.29) is 12.3 Å². The van der Waals surface area contributed by atoms with E-state index in [0.29, 0.717) is 10.7 Å². The smallest absolute Gasteiger partial charge is 0.230 e. The Hall–Kier alpha value is -2.44. The zero-order valence-corrected chi connectivity index (χ0v) is 15.4. The summed E-state index contributed by atoms with van der Waals surface area (Å²) >= 11 is 7.55. The Balaban J connectivity index is 1.72. The number of anilines is 2. The largest absolute Gasteiger partial charge is 0.376 e. The van der Waals surface area contributed by atoms with Crippen molar-refractivity contribution in [1.29, 1.82) is 0 Å². The van der Waals surface area contributed by atoms with Gasteiger partial charge in [-0.3, -0.25) is 9.78 Å². The van der Waals surface area contributed by atoms with Crippen LogP contribution in [-0.2, 0) is 11.2 Å². The average Bonchev–Trinajstić information content (AvgIpc) is 3.03.